The van der Waals surface area contributed by atoms with Crippen molar-refractivity contribution < 1.29 is 4.42 Å². The standard InChI is InChI=1S/C63H48BN2OS/c1-61(2)32-33-62(3,4)49-34-40(30-31-46(49)61)65-51-35-43-41-22-11-15-28-54(41)67-55(43)37-45(51)57-58-53(36-44-42-23-12-16-29-56(42)68-60(44)57)66-52-27-14-13-24-47(52)63(38-18-7-5-8-19-38,39-20-9-6-10-21-39)48-25-17-26-50(64-58)59(48)66/h5-31,34-37,65H,32-33H2,1-4H3. The zero-order chi connectivity index (χ0) is 45.5. The molecule has 3 aliphatic rings. The molecule has 0 saturated carbocycles. The Balaban J connectivity index is 1.07. The van der Waals surface area contributed by atoms with E-state index in [0.717, 1.165) is 45.3 Å². The second-order valence-corrected chi connectivity index (χ2v) is 21.6. The van der Waals surface area contributed by atoms with Crippen molar-refractivity contribution in [3.63, 3.8) is 0 Å². The molecule has 11 aromatic rings. The van der Waals surface area contributed by atoms with E-state index >= 15 is 0 Å². The SMILES string of the molecule is CC1(C)CCC(C)(C)c2cc(Nc3cc4c(cc3-c3c5c(cc6c3sc3ccccc36)N3c6ccccc6C(c6ccccc6)(c6ccccc6)c6cccc(c63)[B]5)oc3ccccc34)ccc21. The van der Waals surface area contributed by atoms with Crippen molar-refractivity contribution in [2.45, 2.75) is 56.8 Å². The highest BCUT2D eigenvalue weighted by atomic mass is 32.1. The average Bonchev–Trinajstić information content (AvgIpc) is 3.93. The summed E-state index contributed by atoms with van der Waals surface area (Å²) in [5.74, 6) is 0. The van der Waals surface area contributed by atoms with Crippen molar-refractivity contribution in [1.82, 2.24) is 0 Å². The van der Waals surface area contributed by atoms with Gasteiger partial charge in [0.2, 0.25) is 0 Å². The van der Waals surface area contributed by atoms with Crippen molar-refractivity contribution in [2.75, 3.05) is 10.2 Å². The largest absolute Gasteiger partial charge is 0.456 e. The number of nitrogens with zero attached hydrogens (tertiary/aromatic N) is 1. The van der Waals surface area contributed by atoms with Crippen LogP contribution in [0.5, 0.6) is 0 Å². The molecule has 0 bridgehead atoms. The number of anilines is 5. The predicted molar refractivity (Wildman–Crippen MR) is 289 cm³/mol. The van der Waals surface area contributed by atoms with Crippen molar-refractivity contribution in [1.29, 1.82) is 0 Å². The van der Waals surface area contributed by atoms with E-state index in [2.05, 4.69) is 233 Å². The van der Waals surface area contributed by atoms with E-state index in [9.17, 15) is 0 Å². The molecule has 2 aromatic heterocycles. The van der Waals surface area contributed by atoms with Gasteiger partial charge in [0.15, 0.2) is 7.28 Å². The minimum absolute atomic E-state index is 0.0718. The Hall–Kier alpha value is -7.34. The maximum Gasteiger partial charge on any atom is 0.197 e. The minimum Gasteiger partial charge on any atom is -0.456 e. The molecule has 0 unspecified atom stereocenters. The molecule has 0 atom stereocenters. The highest BCUT2D eigenvalue weighted by molar-refractivity contribution is 7.26. The number of furan rings is 1. The summed E-state index contributed by atoms with van der Waals surface area (Å²) in [5, 5.41) is 8.84. The van der Waals surface area contributed by atoms with Gasteiger partial charge in [0.1, 0.15) is 11.2 Å². The summed E-state index contributed by atoms with van der Waals surface area (Å²) < 4.78 is 9.33. The number of hydrogen-bond acceptors (Lipinski definition) is 4. The first-order valence-electron chi connectivity index (χ1n) is 24.0. The summed E-state index contributed by atoms with van der Waals surface area (Å²) in [4.78, 5) is 2.59. The van der Waals surface area contributed by atoms with Crippen LogP contribution in [0.15, 0.2) is 192 Å². The highest BCUT2D eigenvalue weighted by Crippen LogP contribution is 2.59. The number of thiophene rings is 1. The second-order valence-electron chi connectivity index (χ2n) is 20.5. The quantitative estimate of drug-likeness (QED) is 0.175. The van der Waals surface area contributed by atoms with E-state index in [4.69, 9.17) is 4.42 Å². The molecule has 2 aliphatic heterocycles. The fourth-order valence-electron chi connectivity index (χ4n) is 12.4. The fraction of sp³-hybridized carbons (Fsp3) is 0.143. The van der Waals surface area contributed by atoms with Gasteiger partial charge in [-0.25, -0.2) is 0 Å². The van der Waals surface area contributed by atoms with Gasteiger partial charge in [-0.15, -0.1) is 11.3 Å². The van der Waals surface area contributed by atoms with Crippen LogP contribution in [0.1, 0.15) is 73.9 Å². The molecule has 0 saturated heterocycles. The summed E-state index contributed by atoms with van der Waals surface area (Å²) in [6, 6.07) is 70.0. The van der Waals surface area contributed by atoms with Crippen LogP contribution in [-0.2, 0) is 16.2 Å². The van der Waals surface area contributed by atoms with Crippen LogP contribution in [0.3, 0.4) is 0 Å². The molecule has 1 N–H and O–H groups in total. The Labute approximate surface area is 401 Å². The van der Waals surface area contributed by atoms with Crippen LogP contribution in [0.4, 0.5) is 28.4 Å². The van der Waals surface area contributed by atoms with E-state index < -0.39 is 5.41 Å². The van der Waals surface area contributed by atoms with Gasteiger partial charge in [0, 0.05) is 59.3 Å². The molecule has 3 nitrogen and oxygen atoms in total. The minimum atomic E-state index is -0.559. The molecule has 5 heteroatoms. The zero-order valence-corrected chi connectivity index (χ0v) is 39.5. The number of hydrogen-bond donors (Lipinski definition) is 1. The van der Waals surface area contributed by atoms with Gasteiger partial charge in [-0.05, 0) is 117 Å². The van der Waals surface area contributed by atoms with Crippen LogP contribution in [-0.4, -0.2) is 7.28 Å². The van der Waals surface area contributed by atoms with E-state index in [0.29, 0.717) is 0 Å². The van der Waals surface area contributed by atoms with Gasteiger partial charge in [0.25, 0.3) is 0 Å². The van der Waals surface area contributed by atoms with Crippen LogP contribution in [0.25, 0.3) is 53.2 Å². The topological polar surface area (TPSA) is 28.4 Å². The normalized spacial score (nSPS) is 16.0. The molecule has 1 radical (unpaired) electrons. The van der Waals surface area contributed by atoms with Crippen molar-refractivity contribution in [2.24, 2.45) is 0 Å². The molecule has 4 heterocycles. The Morgan fingerprint density at radius 1 is 0.529 bits per heavy atom. The first-order valence-corrected chi connectivity index (χ1v) is 24.9. The lowest BCUT2D eigenvalue weighted by Crippen LogP contribution is -2.47. The Bertz CT molecular complexity index is 3840. The van der Waals surface area contributed by atoms with Gasteiger partial charge in [-0.1, -0.05) is 173 Å². The van der Waals surface area contributed by atoms with Gasteiger partial charge in [0.05, 0.1) is 11.1 Å². The Morgan fingerprint density at radius 2 is 1.21 bits per heavy atom. The monoisotopic (exact) mass is 891 g/mol. The van der Waals surface area contributed by atoms with E-state index in [-0.39, 0.29) is 10.8 Å². The molecule has 14 rings (SSSR count). The third-order valence-corrected chi connectivity index (χ3v) is 17.0. The number of benzene rings is 9. The van der Waals surface area contributed by atoms with Crippen LogP contribution < -0.4 is 21.1 Å². The maximum atomic E-state index is 6.79. The molecule has 0 spiro atoms. The van der Waals surface area contributed by atoms with Gasteiger partial charge in [-0.3, -0.25) is 0 Å². The third-order valence-electron chi connectivity index (χ3n) is 15.8. The fourth-order valence-corrected chi connectivity index (χ4v) is 13.7. The number of para-hydroxylation sites is 3. The van der Waals surface area contributed by atoms with E-state index in [1.807, 2.05) is 11.3 Å². The van der Waals surface area contributed by atoms with Crippen LogP contribution in [0, 0.1) is 0 Å². The maximum absolute atomic E-state index is 6.79. The van der Waals surface area contributed by atoms with E-state index in [1.165, 1.54) is 93.5 Å². The van der Waals surface area contributed by atoms with Crippen molar-refractivity contribution in [3.8, 4) is 11.1 Å². The Kier molecular flexibility index (Phi) is 8.39. The van der Waals surface area contributed by atoms with Crippen LogP contribution in [0.2, 0.25) is 0 Å². The average molecular weight is 892 g/mol. The molecular formula is C63H48BN2OS. The third kappa shape index (κ3) is 5.54. The molecule has 0 fully saturated rings. The molecular weight excluding hydrogens is 844 g/mol. The lowest BCUT2D eigenvalue weighted by molar-refractivity contribution is 0.332. The lowest BCUT2D eigenvalue weighted by atomic mass is 9.54. The van der Waals surface area contributed by atoms with Crippen LogP contribution >= 0.6 is 11.3 Å². The number of rotatable bonds is 5. The molecule has 0 amide bonds. The van der Waals surface area contributed by atoms with Crippen molar-refractivity contribution in [3.05, 3.63) is 221 Å². The molecule has 1 aliphatic carbocycles. The summed E-state index contributed by atoms with van der Waals surface area (Å²) in [6.07, 6.45) is 2.34. The Morgan fingerprint density at radius 3 is 2.00 bits per heavy atom. The second kappa shape index (κ2) is 14.3. The smallest absolute Gasteiger partial charge is 0.197 e. The summed E-state index contributed by atoms with van der Waals surface area (Å²) in [7, 11) is 2.48. The highest BCUT2D eigenvalue weighted by Gasteiger charge is 2.49. The first kappa shape index (κ1) is 39.8. The molecule has 68 heavy (non-hydrogen) atoms. The molecule has 9 aromatic carbocycles. The number of nitrogens with one attached hydrogen (secondary N) is 1. The van der Waals surface area contributed by atoms with Crippen molar-refractivity contribution >= 4 is 100 Å². The van der Waals surface area contributed by atoms with E-state index in [1.54, 1.807) is 0 Å². The van der Waals surface area contributed by atoms with Gasteiger partial charge < -0.3 is 14.6 Å². The zero-order valence-electron chi connectivity index (χ0n) is 38.7. The van der Waals surface area contributed by atoms with Gasteiger partial charge in [-0.2, -0.15) is 0 Å². The lowest BCUT2D eigenvalue weighted by Gasteiger charge is -2.49. The molecule has 325 valence electrons. The summed E-state index contributed by atoms with van der Waals surface area (Å²) >= 11 is 1.89. The van der Waals surface area contributed by atoms with Gasteiger partial charge >= 0.3 is 0 Å². The first-order chi connectivity index (χ1) is 33.2. The summed E-state index contributed by atoms with van der Waals surface area (Å²) in [5.41, 5.74) is 19.8. The number of fused-ring (bicyclic) bond motifs is 11. The summed E-state index contributed by atoms with van der Waals surface area (Å²) in [6.45, 7) is 9.63. The predicted octanol–water partition coefficient (Wildman–Crippen LogP) is 15.8.